The molecule has 0 N–H and O–H groups in total. The van der Waals surface area contributed by atoms with Crippen molar-refractivity contribution in [2.45, 2.75) is 12.9 Å². The molecule has 0 aromatic heterocycles. The SMILES string of the molecule is FC(F)C=C(Cl)C(F)F. The van der Waals surface area contributed by atoms with Gasteiger partial charge in [-0.05, 0) is 0 Å². The van der Waals surface area contributed by atoms with Crippen LogP contribution in [0.5, 0.6) is 0 Å². The maximum Gasteiger partial charge on any atom is 0.274 e. The van der Waals surface area contributed by atoms with Crippen molar-refractivity contribution in [3.05, 3.63) is 11.1 Å². The normalized spacial score (nSPS) is 13.4. The number of halogens is 5. The minimum atomic E-state index is -3.00. The molecule has 0 atom stereocenters. The highest BCUT2D eigenvalue weighted by Gasteiger charge is 2.09. The molecule has 0 fully saturated rings. The van der Waals surface area contributed by atoms with E-state index in [1.54, 1.807) is 0 Å². The summed E-state index contributed by atoms with van der Waals surface area (Å²) in [6.07, 6.45) is -5.90. The summed E-state index contributed by atoms with van der Waals surface area (Å²) in [5.74, 6) is 0. The van der Waals surface area contributed by atoms with Crippen molar-refractivity contribution in [3.63, 3.8) is 0 Å². The molecule has 0 aliphatic heterocycles. The van der Waals surface area contributed by atoms with E-state index in [0.29, 0.717) is 0 Å². The Kier molecular flexibility index (Phi) is 3.61. The molecule has 0 rings (SSSR count). The molecule has 9 heavy (non-hydrogen) atoms. The summed E-state index contributed by atoms with van der Waals surface area (Å²) in [4.78, 5) is 0. The second-order valence-corrected chi connectivity index (χ2v) is 1.62. The third-order valence-corrected chi connectivity index (χ3v) is 0.785. The number of allylic oxidation sites excluding steroid dienone is 2. The van der Waals surface area contributed by atoms with Gasteiger partial charge in [0, 0.05) is 6.08 Å². The first-order chi connectivity index (χ1) is 4.04. The van der Waals surface area contributed by atoms with E-state index in [-0.39, 0.29) is 6.08 Å². The van der Waals surface area contributed by atoms with Gasteiger partial charge in [-0.1, -0.05) is 11.6 Å². The fourth-order valence-corrected chi connectivity index (χ4v) is 0.288. The number of rotatable bonds is 2. The molecule has 0 unspecified atom stereocenters. The number of hydrogen-bond acceptors (Lipinski definition) is 0. The van der Waals surface area contributed by atoms with Crippen LogP contribution < -0.4 is 0 Å². The molecule has 5 heteroatoms. The second kappa shape index (κ2) is 3.71. The second-order valence-electron chi connectivity index (χ2n) is 1.19. The van der Waals surface area contributed by atoms with Crippen molar-refractivity contribution in [1.29, 1.82) is 0 Å². The summed E-state index contributed by atoms with van der Waals surface area (Å²) in [6, 6.07) is 0. The van der Waals surface area contributed by atoms with Gasteiger partial charge in [0.1, 0.15) is 0 Å². The van der Waals surface area contributed by atoms with Crippen LogP contribution in [0, 0.1) is 0 Å². The smallest absolute Gasteiger partial charge is 0.206 e. The molecule has 0 bridgehead atoms. The average Bonchev–Trinajstić information content (AvgIpc) is 1.63. The molecule has 0 radical (unpaired) electrons. The Morgan fingerprint density at radius 2 is 1.67 bits per heavy atom. The van der Waals surface area contributed by atoms with Gasteiger partial charge in [-0.2, -0.15) is 0 Å². The molecule has 0 saturated carbocycles. The summed E-state index contributed by atoms with van der Waals surface area (Å²) in [6.45, 7) is 0. The van der Waals surface area contributed by atoms with Crippen molar-refractivity contribution in [3.8, 4) is 0 Å². The fourth-order valence-electron chi connectivity index (χ4n) is 0.193. The van der Waals surface area contributed by atoms with Gasteiger partial charge < -0.3 is 0 Å². The lowest BCUT2D eigenvalue weighted by molar-refractivity contribution is 0.181. The lowest BCUT2D eigenvalue weighted by atomic mass is 10.5. The van der Waals surface area contributed by atoms with Crippen molar-refractivity contribution in [2.75, 3.05) is 0 Å². The first kappa shape index (κ1) is 8.75. The first-order valence-electron chi connectivity index (χ1n) is 1.97. The minimum absolute atomic E-state index is 0.00617. The summed E-state index contributed by atoms with van der Waals surface area (Å²) in [7, 11) is 0. The van der Waals surface area contributed by atoms with E-state index in [1.165, 1.54) is 0 Å². The zero-order chi connectivity index (χ0) is 7.44. The van der Waals surface area contributed by atoms with E-state index in [4.69, 9.17) is 0 Å². The van der Waals surface area contributed by atoms with Gasteiger partial charge in [-0.25, -0.2) is 17.6 Å². The summed E-state index contributed by atoms with van der Waals surface area (Å²) in [5.41, 5.74) is 0. The molecule has 54 valence electrons. The van der Waals surface area contributed by atoms with Crippen molar-refractivity contribution >= 4 is 11.6 Å². The van der Waals surface area contributed by atoms with Gasteiger partial charge in [0.25, 0.3) is 12.9 Å². The Morgan fingerprint density at radius 3 is 1.78 bits per heavy atom. The van der Waals surface area contributed by atoms with Crippen LogP contribution in [0.25, 0.3) is 0 Å². The van der Waals surface area contributed by atoms with Gasteiger partial charge >= 0.3 is 0 Å². The van der Waals surface area contributed by atoms with Gasteiger partial charge in [0.15, 0.2) is 0 Å². The lowest BCUT2D eigenvalue weighted by Crippen LogP contribution is -1.92. The molecule has 0 aliphatic carbocycles. The summed E-state index contributed by atoms with van der Waals surface area (Å²) in [5, 5.41) is -1.11. The third kappa shape index (κ3) is 4.27. The van der Waals surface area contributed by atoms with E-state index in [2.05, 4.69) is 11.6 Å². The lowest BCUT2D eigenvalue weighted by Gasteiger charge is -1.93. The molecule has 0 saturated heterocycles. The maximum atomic E-state index is 11.3. The molecule has 0 amide bonds. The predicted octanol–water partition coefficient (Wildman–Crippen LogP) is 2.64. The fraction of sp³-hybridized carbons (Fsp3) is 0.500. The van der Waals surface area contributed by atoms with Crippen LogP contribution in [0.2, 0.25) is 0 Å². The molecule has 0 spiro atoms. The van der Waals surface area contributed by atoms with Crippen molar-refractivity contribution < 1.29 is 17.6 Å². The van der Waals surface area contributed by atoms with Crippen LogP contribution in [0.4, 0.5) is 17.6 Å². The van der Waals surface area contributed by atoms with Crippen LogP contribution in [0.15, 0.2) is 11.1 Å². The first-order valence-corrected chi connectivity index (χ1v) is 2.35. The molecule has 0 aromatic carbocycles. The Morgan fingerprint density at radius 1 is 1.22 bits per heavy atom. The monoisotopic (exact) mass is 162 g/mol. The molecule has 0 nitrogen and oxygen atoms in total. The van der Waals surface area contributed by atoms with Gasteiger partial charge in [0.05, 0.1) is 5.03 Å². The third-order valence-electron chi connectivity index (χ3n) is 0.494. The predicted molar refractivity (Wildman–Crippen MR) is 25.9 cm³/mol. The zero-order valence-corrected chi connectivity index (χ0v) is 4.88. The Labute approximate surface area is 54.1 Å². The van der Waals surface area contributed by atoms with Gasteiger partial charge in [-0.15, -0.1) is 0 Å². The Balaban J connectivity index is 3.84. The largest absolute Gasteiger partial charge is 0.274 e. The molecular weight excluding hydrogens is 159 g/mol. The van der Waals surface area contributed by atoms with E-state index in [0.717, 1.165) is 0 Å². The van der Waals surface area contributed by atoms with Crippen molar-refractivity contribution in [2.24, 2.45) is 0 Å². The van der Waals surface area contributed by atoms with Gasteiger partial charge in [-0.3, -0.25) is 0 Å². The van der Waals surface area contributed by atoms with Crippen LogP contribution in [0.3, 0.4) is 0 Å². The average molecular weight is 163 g/mol. The van der Waals surface area contributed by atoms with E-state index < -0.39 is 17.9 Å². The molecule has 0 heterocycles. The summed E-state index contributed by atoms with van der Waals surface area (Å²) < 4.78 is 44.8. The van der Waals surface area contributed by atoms with Crippen LogP contribution in [0.1, 0.15) is 0 Å². The van der Waals surface area contributed by atoms with Crippen LogP contribution in [-0.2, 0) is 0 Å². The van der Waals surface area contributed by atoms with Crippen LogP contribution in [-0.4, -0.2) is 12.9 Å². The topological polar surface area (TPSA) is 0 Å². The van der Waals surface area contributed by atoms with Crippen LogP contribution >= 0.6 is 11.6 Å². The highest BCUT2D eigenvalue weighted by molar-refractivity contribution is 6.30. The Hall–Kier alpha value is -0.250. The standard InChI is InChI=1S/C4H3ClF4/c5-2(4(8)9)1-3(6)7/h1,3-4H. The van der Waals surface area contributed by atoms with E-state index >= 15 is 0 Å². The summed E-state index contributed by atoms with van der Waals surface area (Å²) >= 11 is 4.64. The highest BCUT2D eigenvalue weighted by Crippen LogP contribution is 2.14. The highest BCUT2D eigenvalue weighted by atomic mass is 35.5. The van der Waals surface area contributed by atoms with E-state index in [1.807, 2.05) is 0 Å². The minimum Gasteiger partial charge on any atom is -0.206 e. The van der Waals surface area contributed by atoms with E-state index in [9.17, 15) is 17.6 Å². The zero-order valence-electron chi connectivity index (χ0n) is 4.12. The molecule has 0 aromatic rings. The molecular formula is C4H3ClF4. The number of alkyl halides is 4. The van der Waals surface area contributed by atoms with Crippen molar-refractivity contribution in [1.82, 2.24) is 0 Å². The number of hydrogen-bond donors (Lipinski definition) is 0. The Bertz CT molecular complexity index is 109. The quantitative estimate of drug-likeness (QED) is 0.548. The maximum absolute atomic E-state index is 11.3. The molecule has 0 aliphatic rings. The van der Waals surface area contributed by atoms with Gasteiger partial charge in [0.2, 0.25) is 0 Å².